The molecule has 0 aromatic carbocycles. The number of aliphatic hydroxyl groups excluding tert-OH is 1. The van der Waals surface area contributed by atoms with E-state index in [1.54, 1.807) is 5.54 Å². The van der Waals surface area contributed by atoms with E-state index in [0.717, 1.165) is 19.3 Å². The van der Waals surface area contributed by atoms with Crippen LogP contribution in [-0.4, -0.2) is 11.2 Å². The minimum absolute atomic E-state index is 0.0819. The normalized spacial score (nSPS) is 32.8. The van der Waals surface area contributed by atoms with Crippen LogP contribution in [0.25, 0.3) is 0 Å². The average molecular weight is 175 g/mol. The Morgan fingerprint density at radius 3 is 2.82 bits per heavy atom. The fraction of sp³-hybridized carbons (Fsp3) is 0.778. The molecule has 64 valence electrons. The van der Waals surface area contributed by atoms with Gasteiger partial charge in [0.2, 0.25) is 0 Å². The maximum Gasteiger partial charge on any atom is 0.0571 e. The smallest absolute Gasteiger partial charge is 0.0571 e. The van der Waals surface area contributed by atoms with Gasteiger partial charge < -0.3 is 5.11 Å². The lowest BCUT2D eigenvalue weighted by molar-refractivity contribution is 0.132. The molecule has 1 N–H and O–H groups in total. The van der Waals surface area contributed by atoms with Crippen LogP contribution in [0.2, 0.25) is 0 Å². The van der Waals surface area contributed by atoms with Gasteiger partial charge in [0.05, 0.1) is 6.10 Å². The minimum Gasteiger partial charge on any atom is -0.393 e. The van der Waals surface area contributed by atoms with Gasteiger partial charge in [-0.3, -0.25) is 0 Å². The Morgan fingerprint density at radius 1 is 1.64 bits per heavy atom. The van der Waals surface area contributed by atoms with Gasteiger partial charge in [0, 0.05) is 5.54 Å². The molecule has 0 bridgehead atoms. The van der Waals surface area contributed by atoms with Crippen molar-refractivity contribution in [2.45, 2.75) is 38.7 Å². The molecule has 1 saturated carbocycles. The van der Waals surface area contributed by atoms with Gasteiger partial charge in [-0.1, -0.05) is 23.6 Å². The molecule has 0 aromatic heterocycles. The lowest BCUT2D eigenvalue weighted by Gasteiger charge is -2.13. The Hall–Kier alpha value is -0.0100. The van der Waals surface area contributed by atoms with Crippen molar-refractivity contribution in [1.29, 1.82) is 0 Å². The molecule has 1 fully saturated rings. The van der Waals surface area contributed by atoms with Gasteiger partial charge >= 0.3 is 0 Å². The summed E-state index contributed by atoms with van der Waals surface area (Å²) in [5, 5.41) is 9.46. The SMILES string of the molecule is CC(=CCl)CC1CCCC1O. The van der Waals surface area contributed by atoms with Crippen molar-refractivity contribution in [2.24, 2.45) is 5.92 Å². The summed E-state index contributed by atoms with van der Waals surface area (Å²) in [6.45, 7) is 2.01. The number of halogens is 1. The third-order valence-electron chi connectivity index (χ3n) is 2.39. The lowest BCUT2D eigenvalue weighted by atomic mass is 9.98. The first-order valence-electron chi connectivity index (χ1n) is 4.18. The summed E-state index contributed by atoms with van der Waals surface area (Å²) in [5.74, 6) is 0.463. The first-order chi connectivity index (χ1) is 5.24. The van der Waals surface area contributed by atoms with Crippen molar-refractivity contribution in [3.05, 3.63) is 11.1 Å². The molecule has 2 heteroatoms. The van der Waals surface area contributed by atoms with E-state index in [-0.39, 0.29) is 6.10 Å². The summed E-state index contributed by atoms with van der Waals surface area (Å²) in [5.41, 5.74) is 2.79. The predicted molar refractivity (Wildman–Crippen MR) is 47.6 cm³/mol. The van der Waals surface area contributed by atoms with Crippen LogP contribution < -0.4 is 0 Å². The average Bonchev–Trinajstić information content (AvgIpc) is 2.37. The van der Waals surface area contributed by atoms with Gasteiger partial charge in [-0.2, -0.15) is 0 Å². The van der Waals surface area contributed by atoms with Crippen LogP contribution in [0, 0.1) is 5.92 Å². The molecule has 1 rings (SSSR count). The monoisotopic (exact) mass is 174 g/mol. The lowest BCUT2D eigenvalue weighted by Crippen LogP contribution is -2.12. The highest BCUT2D eigenvalue weighted by atomic mass is 35.5. The second-order valence-corrected chi connectivity index (χ2v) is 3.64. The molecule has 2 unspecified atom stereocenters. The minimum atomic E-state index is -0.0819. The largest absolute Gasteiger partial charge is 0.393 e. The van der Waals surface area contributed by atoms with E-state index in [4.69, 9.17) is 11.6 Å². The van der Waals surface area contributed by atoms with E-state index in [0.29, 0.717) is 5.92 Å². The van der Waals surface area contributed by atoms with E-state index in [9.17, 15) is 5.11 Å². The molecule has 1 nitrogen and oxygen atoms in total. The third-order valence-corrected chi connectivity index (χ3v) is 2.76. The molecule has 0 heterocycles. The highest BCUT2D eigenvalue weighted by molar-refractivity contribution is 6.25. The van der Waals surface area contributed by atoms with Gasteiger partial charge in [-0.05, 0) is 32.1 Å². The van der Waals surface area contributed by atoms with Crippen molar-refractivity contribution >= 4 is 11.6 Å². The standard InChI is InChI=1S/C9H15ClO/c1-7(6-10)5-8-3-2-4-9(8)11/h6,8-9,11H,2-5H2,1H3. The summed E-state index contributed by atoms with van der Waals surface area (Å²) in [6.07, 6.45) is 4.18. The van der Waals surface area contributed by atoms with Crippen molar-refractivity contribution in [3.8, 4) is 0 Å². The van der Waals surface area contributed by atoms with Crippen LogP contribution in [0.5, 0.6) is 0 Å². The Labute approximate surface area is 73.1 Å². The molecular weight excluding hydrogens is 160 g/mol. The van der Waals surface area contributed by atoms with Crippen LogP contribution >= 0.6 is 11.6 Å². The van der Waals surface area contributed by atoms with Crippen molar-refractivity contribution in [2.75, 3.05) is 0 Å². The van der Waals surface area contributed by atoms with Gasteiger partial charge in [0.25, 0.3) is 0 Å². The highest BCUT2D eigenvalue weighted by Crippen LogP contribution is 2.30. The van der Waals surface area contributed by atoms with Crippen LogP contribution in [0.4, 0.5) is 0 Å². The maximum absolute atomic E-state index is 9.46. The van der Waals surface area contributed by atoms with Crippen LogP contribution in [0.15, 0.2) is 11.1 Å². The highest BCUT2D eigenvalue weighted by Gasteiger charge is 2.24. The van der Waals surface area contributed by atoms with E-state index < -0.39 is 0 Å². The molecule has 0 saturated heterocycles. The fourth-order valence-electron chi connectivity index (χ4n) is 1.71. The zero-order valence-electron chi connectivity index (χ0n) is 6.89. The first kappa shape index (κ1) is 9.08. The quantitative estimate of drug-likeness (QED) is 0.683. The Kier molecular flexibility index (Phi) is 3.41. The Bertz CT molecular complexity index is 154. The molecule has 0 amide bonds. The van der Waals surface area contributed by atoms with Gasteiger partial charge in [-0.25, -0.2) is 0 Å². The zero-order valence-corrected chi connectivity index (χ0v) is 7.64. The summed E-state index contributed by atoms with van der Waals surface area (Å²) in [7, 11) is 0. The van der Waals surface area contributed by atoms with E-state index >= 15 is 0 Å². The second kappa shape index (κ2) is 4.13. The first-order valence-corrected chi connectivity index (χ1v) is 4.61. The topological polar surface area (TPSA) is 20.2 Å². The number of rotatable bonds is 2. The number of aliphatic hydroxyl groups is 1. The van der Waals surface area contributed by atoms with Crippen LogP contribution in [-0.2, 0) is 0 Å². The molecule has 1 aliphatic carbocycles. The molecule has 11 heavy (non-hydrogen) atoms. The molecular formula is C9H15ClO. The number of hydrogen-bond acceptors (Lipinski definition) is 1. The molecule has 0 radical (unpaired) electrons. The Balaban J connectivity index is 2.36. The molecule has 0 aliphatic heterocycles. The summed E-state index contributed by atoms with van der Waals surface area (Å²) in [4.78, 5) is 0. The molecule has 0 aromatic rings. The van der Waals surface area contributed by atoms with E-state index in [1.165, 1.54) is 12.0 Å². The van der Waals surface area contributed by atoms with Crippen molar-refractivity contribution in [1.82, 2.24) is 0 Å². The zero-order chi connectivity index (χ0) is 8.27. The second-order valence-electron chi connectivity index (χ2n) is 3.42. The Morgan fingerprint density at radius 2 is 2.36 bits per heavy atom. The van der Waals surface area contributed by atoms with Crippen molar-refractivity contribution in [3.63, 3.8) is 0 Å². The summed E-state index contributed by atoms with van der Waals surface area (Å²) in [6, 6.07) is 0. The molecule has 0 spiro atoms. The molecule has 2 atom stereocenters. The van der Waals surface area contributed by atoms with E-state index in [2.05, 4.69) is 0 Å². The molecule has 1 aliphatic rings. The maximum atomic E-state index is 9.46. The van der Waals surface area contributed by atoms with Crippen LogP contribution in [0.3, 0.4) is 0 Å². The van der Waals surface area contributed by atoms with Gasteiger partial charge in [0.1, 0.15) is 0 Å². The fourth-order valence-corrected chi connectivity index (χ4v) is 1.80. The van der Waals surface area contributed by atoms with E-state index in [1.807, 2.05) is 6.92 Å². The van der Waals surface area contributed by atoms with Gasteiger partial charge in [-0.15, -0.1) is 0 Å². The summed E-state index contributed by atoms with van der Waals surface area (Å²) < 4.78 is 0. The van der Waals surface area contributed by atoms with Gasteiger partial charge in [0.15, 0.2) is 0 Å². The van der Waals surface area contributed by atoms with Crippen molar-refractivity contribution < 1.29 is 5.11 Å². The van der Waals surface area contributed by atoms with Crippen LogP contribution in [0.1, 0.15) is 32.6 Å². The predicted octanol–water partition coefficient (Wildman–Crippen LogP) is 2.68. The third kappa shape index (κ3) is 2.49. The number of hydrogen-bond donors (Lipinski definition) is 1. The summed E-state index contributed by atoms with van der Waals surface area (Å²) >= 11 is 5.53. The number of allylic oxidation sites excluding steroid dienone is 1.